The van der Waals surface area contributed by atoms with Crippen LogP contribution in [0, 0.1) is 0 Å². The first-order chi connectivity index (χ1) is 11.5. The molecule has 0 saturated carbocycles. The number of imide groups is 1. The van der Waals surface area contributed by atoms with Crippen LogP contribution in [0.1, 0.15) is 41.0 Å². The van der Waals surface area contributed by atoms with Gasteiger partial charge in [0, 0.05) is 23.3 Å². The van der Waals surface area contributed by atoms with Crippen LogP contribution in [0.2, 0.25) is 0 Å². The Labute approximate surface area is 140 Å². The summed E-state index contributed by atoms with van der Waals surface area (Å²) in [6.07, 6.45) is 0.0840. The zero-order chi connectivity index (χ0) is 17.5. The lowest BCUT2D eigenvalue weighted by molar-refractivity contribution is -0.115. The highest BCUT2D eigenvalue weighted by Gasteiger charge is 2.24. The summed E-state index contributed by atoms with van der Waals surface area (Å²) in [6.45, 7) is 3.05. The number of hydrazone groups is 1. The maximum atomic E-state index is 12.7. The van der Waals surface area contributed by atoms with Crippen LogP contribution in [0.4, 0.5) is 0 Å². The second-order valence-corrected chi connectivity index (χ2v) is 5.37. The molecule has 0 aromatic heterocycles. The number of Topliss-reactive ketones (excluding diaryl/α,β-unsaturated/α-hetero) is 1. The number of carbonyl (C=O) groups is 3. The number of ketones is 1. The first-order valence-corrected chi connectivity index (χ1v) is 7.51. The van der Waals surface area contributed by atoms with Crippen molar-refractivity contribution in [2.24, 2.45) is 5.10 Å². The van der Waals surface area contributed by atoms with Gasteiger partial charge in [0.15, 0.2) is 0 Å². The van der Waals surface area contributed by atoms with Gasteiger partial charge in [-0.15, -0.1) is 0 Å². The first kappa shape index (κ1) is 17.3. The van der Waals surface area contributed by atoms with Crippen LogP contribution in [-0.2, 0) is 4.79 Å². The first-order valence-electron chi connectivity index (χ1n) is 7.51. The van der Waals surface area contributed by atoms with Gasteiger partial charge in [0.2, 0.25) is 0 Å². The molecule has 0 aliphatic carbocycles. The Kier molecular flexibility index (Phi) is 5.73. The van der Waals surface area contributed by atoms with E-state index in [1.54, 1.807) is 67.6 Å². The third kappa shape index (κ3) is 4.46. The van der Waals surface area contributed by atoms with Crippen molar-refractivity contribution < 1.29 is 14.4 Å². The van der Waals surface area contributed by atoms with Gasteiger partial charge in [-0.1, -0.05) is 36.4 Å². The standard InChI is InChI=1S/C19H18N2O3/c1-14(13-15(2)22)20-21(18(23)16-9-5-3-6-10-16)19(24)17-11-7-4-8-12-17/h3-12H,13H2,1-2H3. The number of benzene rings is 2. The predicted octanol–water partition coefficient (Wildman–Crippen LogP) is 3.32. The van der Waals surface area contributed by atoms with Crippen LogP contribution in [0.25, 0.3) is 0 Å². The molecular weight excluding hydrogens is 304 g/mol. The Morgan fingerprint density at radius 3 is 1.58 bits per heavy atom. The van der Waals surface area contributed by atoms with Gasteiger partial charge in [-0.25, -0.2) is 0 Å². The lowest BCUT2D eigenvalue weighted by Crippen LogP contribution is -2.33. The second-order valence-electron chi connectivity index (χ2n) is 5.37. The summed E-state index contributed by atoms with van der Waals surface area (Å²) in [6, 6.07) is 16.9. The third-order valence-electron chi connectivity index (χ3n) is 3.20. The normalized spacial score (nSPS) is 11.0. The molecule has 0 bridgehead atoms. The summed E-state index contributed by atoms with van der Waals surface area (Å²) < 4.78 is 0. The Morgan fingerprint density at radius 2 is 1.21 bits per heavy atom. The number of amides is 2. The van der Waals surface area contributed by atoms with E-state index in [1.807, 2.05) is 0 Å². The molecule has 0 saturated heterocycles. The minimum absolute atomic E-state index is 0.0840. The van der Waals surface area contributed by atoms with Crippen LogP contribution in [0.3, 0.4) is 0 Å². The Hall–Kier alpha value is -3.08. The zero-order valence-electron chi connectivity index (χ0n) is 13.6. The van der Waals surface area contributed by atoms with Gasteiger partial charge in [-0.3, -0.25) is 14.4 Å². The molecule has 122 valence electrons. The second kappa shape index (κ2) is 7.97. The molecule has 5 heteroatoms. The van der Waals surface area contributed by atoms with Gasteiger partial charge in [0.25, 0.3) is 11.8 Å². The van der Waals surface area contributed by atoms with Gasteiger partial charge >= 0.3 is 0 Å². The van der Waals surface area contributed by atoms with Crippen molar-refractivity contribution in [1.29, 1.82) is 0 Å². The molecule has 2 rings (SSSR count). The lowest BCUT2D eigenvalue weighted by atomic mass is 10.1. The number of carbonyl (C=O) groups excluding carboxylic acids is 3. The van der Waals surface area contributed by atoms with E-state index < -0.39 is 11.8 Å². The van der Waals surface area contributed by atoms with Gasteiger partial charge in [-0.2, -0.15) is 10.1 Å². The maximum Gasteiger partial charge on any atom is 0.281 e. The molecular formula is C19H18N2O3. The summed E-state index contributed by atoms with van der Waals surface area (Å²) in [7, 11) is 0. The average molecular weight is 322 g/mol. The highest BCUT2D eigenvalue weighted by Crippen LogP contribution is 2.12. The molecule has 0 N–H and O–H groups in total. The summed E-state index contributed by atoms with van der Waals surface area (Å²) in [5, 5.41) is 4.92. The average Bonchev–Trinajstić information content (AvgIpc) is 2.59. The topological polar surface area (TPSA) is 66.8 Å². The lowest BCUT2D eigenvalue weighted by Gasteiger charge is -2.16. The molecule has 0 radical (unpaired) electrons. The van der Waals surface area contributed by atoms with Gasteiger partial charge in [0.05, 0.1) is 0 Å². The van der Waals surface area contributed by atoms with Crippen molar-refractivity contribution in [1.82, 2.24) is 5.01 Å². The smallest absolute Gasteiger partial charge is 0.281 e. The van der Waals surface area contributed by atoms with Gasteiger partial charge < -0.3 is 0 Å². The minimum atomic E-state index is -0.535. The Balaban J connectivity index is 2.40. The van der Waals surface area contributed by atoms with E-state index in [1.165, 1.54) is 6.92 Å². The van der Waals surface area contributed by atoms with E-state index in [4.69, 9.17) is 0 Å². The molecule has 0 spiro atoms. The van der Waals surface area contributed by atoms with Crippen molar-refractivity contribution in [2.75, 3.05) is 0 Å². The molecule has 0 unspecified atom stereocenters. The summed E-state index contributed by atoms with van der Waals surface area (Å²) in [4.78, 5) is 36.6. The van der Waals surface area contributed by atoms with E-state index in [9.17, 15) is 14.4 Å². The highest BCUT2D eigenvalue weighted by atomic mass is 16.2. The number of hydrogen-bond donors (Lipinski definition) is 0. The largest absolute Gasteiger partial charge is 0.300 e. The van der Waals surface area contributed by atoms with E-state index in [2.05, 4.69) is 5.10 Å². The van der Waals surface area contributed by atoms with E-state index >= 15 is 0 Å². The molecule has 2 amide bonds. The van der Waals surface area contributed by atoms with Crippen LogP contribution < -0.4 is 0 Å². The molecule has 24 heavy (non-hydrogen) atoms. The van der Waals surface area contributed by atoms with E-state index in [0.29, 0.717) is 16.8 Å². The van der Waals surface area contributed by atoms with Crippen molar-refractivity contribution in [3.8, 4) is 0 Å². The van der Waals surface area contributed by atoms with Crippen molar-refractivity contribution in [3.05, 3.63) is 71.8 Å². The fraction of sp³-hybridized carbons (Fsp3) is 0.158. The highest BCUT2D eigenvalue weighted by molar-refractivity contribution is 6.11. The van der Waals surface area contributed by atoms with Crippen molar-refractivity contribution in [3.63, 3.8) is 0 Å². The minimum Gasteiger partial charge on any atom is -0.300 e. The molecule has 0 heterocycles. The molecule has 2 aromatic rings. The number of rotatable bonds is 5. The Bertz CT molecular complexity index is 716. The van der Waals surface area contributed by atoms with Crippen molar-refractivity contribution >= 4 is 23.3 Å². The van der Waals surface area contributed by atoms with Crippen LogP contribution >= 0.6 is 0 Å². The Morgan fingerprint density at radius 1 is 0.792 bits per heavy atom. The van der Waals surface area contributed by atoms with Crippen LogP contribution in [-0.4, -0.2) is 28.3 Å². The SMILES string of the molecule is CC(=O)CC(C)=NN(C(=O)c1ccccc1)C(=O)c1ccccc1. The zero-order valence-corrected chi connectivity index (χ0v) is 13.6. The summed E-state index contributed by atoms with van der Waals surface area (Å²) in [5.41, 5.74) is 1.10. The fourth-order valence-electron chi connectivity index (χ4n) is 2.16. The summed E-state index contributed by atoms with van der Waals surface area (Å²) >= 11 is 0. The van der Waals surface area contributed by atoms with E-state index in [-0.39, 0.29) is 12.2 Å². The number of nitrogens with zero attached hydrogens (tertiary/aromatic N) is 2. The molecule has 0 atom stereocenters. The fourth-order valence-corrected chi connectivity index (χ4v) is 2.16. The quantitative estimate of drug-likeness (QED) is 0.482. The summed E-state index contributed by atoms with van der Waals surface area (Å²) in [5.74, 6) is -1.16. The van der Waals surface area contributed by atoms with Crippen molar-refractivity contribution in [2.45, 2.75) is 20.3 Å². The monoisotopic (exact) mass is 322 g/mol. The van der Waals surface area contributed by atoms with Gasteiger partial charge in [0.1, 0.15) is 5.78 Å². The van der Waals surface area contributed by atoms with Crippen LogP contribution in [0.15, 0.2) is 65.8 Å². The van der Waals surface area contributed by atoms with Gasteiger partial charge in [-0.05, 0) is 38.1 Å². The van der Waals surface area contributed by atoms with E-state index in [0.717, 1.165) is 5.01 Å². The molecule has 2 aromatic carbocycles. The molecule has 5 nitrogen and oxygen atoms in total. The van der Waals surface area contributed by atoms with Crippen LogP contribution in [0.5, 0.6) is 0 Å². The molecule has 0 fully saturated rings. The third-order valence-corrected chi connectivity index (χ3v) is 3.20. The molecule has 0 aliphatic rings. The number of hydrogen-bond acceptors (Lipinski definition) is 4. The molecule has 0 aliphatic heterocycles. The maximum absolute atomic E-state index is 12.7. The predicted molar refractivity (Wildman–Crippen MR) is 91.8 cm³/mol.